The van der Waals surface area contributed by atoms with E-state index in [0.29, 0.717) is 16.5 Å². The van der Waals surface area contributed by atoms with Crippen molar-refractivity contribution in [1.82, 2.24) is 4.98 Å². The van der Waals surface area contributed by atoms with Crippen LogP contribution in [0.2, 0.25) is 5.02 Å². The molecule has 0 aliphatic rings. The number of halogens is 1. The van der Waals surface area contributed by atoms with Crippen molar-refractivity contribution in [3.05, 3.63) is 75.0 Å². The summed E-state index contributed by atoms with van der Waals surface area (Å²) in [4.78, 5) is 27.2. The number of nitrogens with one attached hydrogen (secondary N) is 1. The molecule has 0 unspecified atom stereocenters. The first-order valence-electron chi connectivity index (χ1n) is 8.14. The Morgan fingerprint density at radius 2 is 2.07 bits per heavy atom. The van der Waals surface area contributed by atoms with Gasteiger partial charge < -0.3 is 4.42 Å². The number of carbonyl (C=O) groups excluding carboxylic acids is 1. The minimum Gasteiger partial charge on any atom is -0.451 e. The number of furan rings is 1. The summed E-state index contributed by atoms with van der Waals surface area (Å²) in [5, 5.41) is 14.2. The molecule has 28 heavy (non-hydrogen) atoms. The number of rotatable bonds is 4. The summed E-state index contributed by atoms with van der Waals surface area (Å²) in [6.07, 6.45) is 0. The van der Waals surface area contributed by atoms with Crippen LogP contribution in [-0.4, -0.2) is 15.8 Å². The Bertz CT molecular complexity index is 1230. The van der Waals surface area contributed by atoms with Gasteiger partial charge in [0, 0.05) is 17.7 Å². The minimum absolute atomic E-state index is 0.0837. The van der Waals surface area contributed by atoms with Crippen LogP contribution in [0.4, 0.5) is 10.8 Å². The second kappa shape index (κ2) is 7.06. The molecule has 0 aliphatic carbocycles. The molecule has 140 valence electrons. The molecule has 0 spiro atoms. The van der Waals surface area contributed by atoms with Crippen molar-refractivity contribution in [2.24, 2.45) is 0 Å². The summed E-state index contributed by atoms with van der Waals surface area (Å²) in [5.41, 5.74) is 2.22. The summed E-state index contributed by atoms with van der Waals surface area (Å²) in [6, 6.07) is 13.0. The molecule has 0 bridgehead atoms. The van der Waals surface area contributed by atoms with E-state index in [1.807, 2.05) is 25.1 Å². The largest absolute Gasteiger partial charge is 0.451 e. The minimum atomic E-state index is -0.531. The van der Waals surface area contributed by atoms with E-state index < -0.39 is 10.8 Å². The van der Waals surface area contributed by atoms with Crippen LogP contribution in [0.5, 0.6) is 0 Å². The number of benzene rings is 2. The number of hydrogen-bond donors (Lipinski definition) is 1. The summed E-state index contributed by atoms with van der Waals surface area (Å²) >= 11 is 7.49. The highest BCUT2D eigenvalue weighted by Gasteiger charge is 2.17. The summed E-state index contributed by atoms with van der Waals surface area (Å²) in [7, 11) is 0. The maximum Gasteiger partial charge on any atom is 0.293 e. The quantitative estimate of drug-likeness (QED) is 0.343. The van der Waals surface area contributed by atoms with Crippen LogP contribution in [0, 0.1) is 17.0 Å². The lowest BCUT2D eigenvalue weighted by atomic mass is 10.1. The smallest absolute Gasteiger partial charge is 0.293 e. The number of nitro groups is 1. The normalized spacial score (nSPS) is 10.9. The van der Waals surface area contributed by atoms with E-state index in [0.717, 1.165) is 15.8 Å². The standard InChI is InChI=1S/C19H12ClN3O4S/c1-10-3-2-4-16-17(10)21-19(28-16)22-18(24)15-8-7-14(27-15)12-6-5-11(23(25)26)9-13(12)20/h2-9H,1H3,(H,21,22,24). The van der Waals surface area contributed by atoms with Crippen LogP contribution >= 0.6 is 22.9 Å². The van der Waals surface area contributed by atoms with Gasteiger partial charge in [0.2, 0.25) is 0 Å². The van der Waals surface area contributed by atoms with Crippen molar-refractivity contribution in [3.63, 3.8) is 0 Å². The second-order valence-electron chi connectivity index (χ2n) is 5.98. The van der Waals surface area contributed by atoms with Crippen LogP contribution in [0.25, 0.3) is 21.5 Å². The number of non-ortho nitro benzene ring substituents is 1. The van der Waals surface area contributed by atoms with Gasteiger partial charge in [-0.1, -0.05) is 35.1 Å². The number of fused-ring (bicyclic) bond motifs is 1. The van der Waals surface area contributed by atoms with Crippen molar-refractivity contribution >= 4 is 49.9 Å². The topological polar surface area (TPSA) is 98.3 Å². The van der Waals surface area contributed by atoms with E-state index in [1.165, 1.54) is 35.6 Å². The lowest BCUT2D eigenvalue weighted by Gasteiger charge is -2.01. The predicted molar refractivity (Wildman–Crippen MR) is 108 cm³/mol. The highest BCUT2D eigenvalue weighted by atomic mass is 35.5. The fourth-order valence-corrected chi connectivity index (χ4v) is 3.93. The van der Waals surface area contributed by atoms with Crippen LogP contribution < -0.4 is 5.32 Å². The molecule has 2 heterocycles. The van der Waals surface area contributed by atoms with Crippen molar-refractivity contribution in [2.75, 3.05) is 5.32 Å². The van der Waals surface area contributed by atoms with E-state index in [2.05, 4.69) is 10.3 Å². The molecule has 0 saturated carbocycles. The molecular weight excluding hydrogens is 402 g/mol. The monoisotopic (exact) mass is 413 g/mol. The molecule has 4 aromatic rings. The molecule has 2 aromatic carbocycles. The molecule has 0 saturated heterocycles. The number of amides is 1. The molecule has 9 heteroatoms. The Hall–Kier alpha value is -3.23. The first kappa shape index (κ1) is 18.1. The van der Waals surface area contributed by atoms with Crippen molar-refractivity contribution in [1.29, 1.82) is 0 Å². The number of nitro benzene ring substituents is 1. The molecule has 2 aromatic heterocycles. The average Bonchev–Trinajstić information content (AvgIpc) is 3.29. The molecule has 0 atom stereocenters. The Balaban J connectivity index is 1.57. The first-order valence-corrected chi connectivity index (χ1v) is 9.33. The highest BCUT2D eigenvalue weighted by molar-refractivity contribution is 7.22. The number of anilines is 1. The van der Waals surface area contributed by atoms with E-state index in [1.54, 1.807) is 6.07 Å². The maximum atomic E-state index is 12.5. The van der Waals surface area contributed by atoms with Crippen molar-refractivity contribution < 1.29 is 14.1 Å². The molecule has 0 radical (unpaired) electrons. The van der Waals surface area contributed by atoms with Gasteiger partial charge in [0.25, 0.3) is 11.6 Å². The lowest BCUT2D eigenvalue weighted by Crippen LogP contribution is -2.10. The third kappa shape index (κ3) is 3.35. The summed E-state index contributed by atoms with van der Waals surface area (Å²) in [5.74, 6) is -0.0217. The Labute approximate surface area is 167 Å². The summed E-state index contributed by atoms with van der Waals surface area (Å²) < 4.78 is 6.57. The van der Waals surface area contributed by atoms with E-state index in [4.69, 9.17) is 16.0 Å². The lowest BCUT2D eigenvalue weighted by molar-refractivity contribution is -0.384. The number of aryl methyl sites for hydroxylation is 1. The van der Waals surface area contributed by atoms with Gasteiger partial charge in [0.1, 0.15) is 5.76 Å². The fourth-order valence-electron chi connectivity index (χ4n) is 2.72. The number of thiazole rings is 1. The van der Waals surface area contributed by atoms with Crippen LogP contribution in [0.15, 0.2) is 52.9 Å². The number of nitrogens with zero attached hydrogens (tertiary/aromatic N) is 2. The maximum absolute atomic E-state index is 12.5. The van der Waals surface area contributed by atoms with Gasteiger partial charge in [-0.2, -0.15) is 0 Å². The number of aromatic nitrogens is 1. The molecule has 1 N–H and O–H groups in total. The third-order valence-corrected chi connectivity index (χ3v) is 5.35. The zero-order chi connectivity index (χ0) is 19.8. The SMILES string of the molecule is Cc1cccc2sc(NC(=O)c3ccc(-c4ccc([N+](=O)[O-])cc4Cl)o3)nc12. The van der Waals surface area contributed by atoms with Gasteiger partial charge in [-0.05, 0) is 36.8 Å². The van der Waals surface area contributed by atoms with Gasteiger partial charge in [0.15, 0.2) is 10.9 Å². The van der Waals surface area contributed by atoms with Gasteiger partial charge in [-0.15, -0.1) is 0 Å². The predicted octanol–water partition coefficient (Wildman–Crippen LogP) is 5.68. The second-order valence-corrected chi connectivity index (χ2v) is 7.42. The van der Waals surface area contributed by atoms with Crippen LogP contribution in [0.3, 0.4) is 0 Å². The van der Waals surface area contributed by atoms with Crippen molar-refractivity contribution in [3.8, 4) is 11.3 Å². The van der Waals surface area contributed by atoms with E-state index in [9.17, 15) is 14.9 Å². The Morgan fingerprint density at radius 1 is 1.25 bits per heavy atom. The van der Waals surface area contributed by atoms with Crippen molar-refractivity contribution in [2.45, 2.75) is 6.92 Å². The van der Waals surface area contributed by atoms with E-state index in [-0.39, 0.29) is 16.5 Å². The van der Waals surface area contributed by atoms with Gasteiger partial charge in [-0.3, -0.25) is 20.2 Å². The Morgan fingerprint density at radius 3 is 2.79 bits per heavy atom. The number of carbonyl (C=O) groups is 1. The number of hydrogen-bond acceptors (Lipinski definition) is 6. The van der Waals surface area contributed by atoms with Gasteiger partial charge >= 0.3 is 0 Å². The highest BCUT2D eigenvalue weighted by Crippen LogP contribution is 2.33. The van der Waals surface area contributed by atoms with Gasteiger partial charge in [-0.25, -0.2) is 4.98 Å². The molecule has 0 fully saturated rings. The van der Waals surface area contributed by atoms with E-state index >= 15 is 0 Å². The average molecular weight is 414 g/mol. The molecule has 0 aliphatic heterocycles. The van der Waals surface area contributed by atoms with Gasteiger partial charge in [0.05, 0.1) is 20.2 Å². The molecule has 1 amide bonds. The molecular formula is C19H12ClN3O4S. The van der Waals surface area contributed by atoms with Crippen LogP contribution in [-0.2, 0) is 0 Å². The first-order chi connectivity index (χ1) is 13.4. The summed E-state index contributed by atoms with van der Waals surface area (Å²) in [6.45, 7) is 1.96. The third-order valence-electron chi connectivity index (χ3n) is 4.10. The number of para-hydroxylation sites is 1. The molecule has 4 rings (SSSR count). The van der Waals surface area contributed by atoms with Crippen LogP contribution in [0.1, 0.15) is 16.1 Å². The fraction of sp³-hybridized carbons (Fsp3) is 0.0526. The zero-order valence-corrected chi connectivity index (χ0v) is 16.0. The molecule has 7 nitrogen and oxygen atoms in total. The zero-order valence-electron chi connectivity index (χ0n) is 14.4. The Kier molecular flexibility index (Phi) is 4.58.